The van der Waals surface area contributed by atoms with E-state index in [9.17, 15) is 4.79 Å². The van der Waals surface area contributed by atoms with Gasteiger partial charge in [-0.3, -0.25) is 14.6 Å². The van der Waals surface area contributed by atoms with Crippen molar-refractivity contribution < 1.29 is 14.3 Å². The Morgan fingerprint density at radius 2 is 1.85 bits per heavy atom. The molecule has 2 atom stereocenters. The van der Waals surface area contributed by atoms with Crippen molar-refractivity contribution in [3.63, 3.8) is 0 Å². The highest BCUT2D eigenvalue weighted by atomic mass is 16.6. The highest BCUT2D eigenvalue weighted by molar-refractivity contribution is 5.77. The van der Waals surface area contributed by atoms with Crippen LogP contribution in [0.3, 0.4) is 0 Å². The molecule has 0 N–H and O–H groups in total. The van der Waals surface area contributed by atoms with Gasteiger partial charge in [0.25, 0.3) is 0 Å². The standard InChI is InChI=1S/C21H31N3O3/c1-15-8-19-20(27-7-6-26-19)9-17(15)12-24-11-16-4-5-18(24)13-23(10-16)14-21(25)22(2)3/h8-9,16,18H,4-7,10-14H2,1-3H3/t16-,18+/m0/s1. The normalized spacial score (nSPS) is 25.3. The molecule has 0 spiro atoms. The van der Waals surface area contributed by atoms with Crippen molar-refractivity contribution in [1.29, 1.82) is 0 Å². The minimum atomic E-state index is 0.200. The van der Waals surface area contributed by atoms with Crippen LogP contribution >= 0.6 is 0 Å². The molecule has 27 heavy (non-hydrogen) atoms. The van der Waals surface area contributed by atoms with E-state index >= 15 is 0 Å². The molecular weight excluding hydrogens is 342 g/mol. The molecule has 2 bridgehead atoms. The Bertz CT molecular complexity index is 706. The summed E-state index contributed by atoms with van der Waals surface area (Å²) < 4.78 is 11.5. The van der Waals surface area contributed by atoms with Crippen LogP contribution in [0.2, 0.25) is 0 Å². The SMILES string of the molecule is Cc1cc2c(cc1CN1C[C@H]3CC[C@@H]1CN(CC(=O)N(C)C)C3)OCCO2. The third-order valence-corrected chi connectivity index (χ3v) is 6.13. The minimum Gasteiger partial charge on any atom is -0.486 e. The maximum Gasteiger partial charge on any atom is 0.236 e. The summed E-state index contributed by atoms with van der Waals surface area (Å²) >= 11 is 0. The second kappa shape index (κ2) is 7.68. The molecule has 0 aromatic heterocycles. The minimum absolute atomic E-state index is 0.200. The summed E-state index contributed by atoms with van der Waals surface area (Å²) in [5.74, 6) is 2.59. The third-order valence-electron chi connectivity index (χ3n) is 6.13. The number of fused-ring (bicyclic) bond motifs is 5. The van der Waals surface area contributed by atoms with Crippen molar-refractivity contribution in [1.82, 2.24) is 14.7 Å². The van der Waals surface area contributed by atoms with Crippen molar-refractivity contribution in [2.24, 2.45) is 5.92 Å². The van der Waals surface area contributed by atoms with Crippen LogP contribution in [0.15, 0.2) is 12.1 Å². The number of piperidine rings is 1. The molecule has 0 unspecified atom stereocenters. The van der Waals surface area contributed by atoms with E-state index in [1.807, 2.05) is 14.1 Å². The summed E-state index contributed by atoms with van der Waals surface area (Å²) in [4.78, 5) is 18.8. The van der Waals surface area contributed by atoms with Crippen LogP contribution in [0.1, 0.15) is 24.0 Å². The van der Waals surface area contributed by atoms with E-state index in [1.165, 1.54) is 24.0 Å². The van der Waals surface area contributed by atoms with Crippen LogP contribution in [0.25, 0.3) is 0 Å². The zero-order valence-corrected chi connectivity index (χ0v) is 16.7. The molecule has 1 amide bonds. The summed E-state index contributed by atoms with van der Waals surface area (Å²) in [5, 5.41) is 0. The van der Waals surface area contributed by atoms with Crippen LogP contribution in [0, 0.1) is 12.8 Å². The highest BCUT2D eigenvalue weighted by Gasteiger charge is 2.35. The Kier molecular flexibility index (Phi) is 5.28. The average molecular weight is 373 g/mol. The van der Waals surface area contributed by atoms with E-state index in [0.29, 0.717) is 31.7 Å². The van der Waals surface area contributed by atoms with Gasteiger partial charge in [0.2, 0.25) is 5.91 Å². The number of hydrogen-bond acceptors (Lipinski definition) is 5. The van der Waals surface area contributed by atoms with Crippen LogP contribution in [0.5, 0.6) is 11.5 Å². The number of aryl methyl sites for hydroxylation is 1. The van der Waals surface area contributed by atoms with Gasteiger partial charge in [-0.05, 0) is 48.9 Å². The number of benzene rings is 1. The van der Waals surface area contributed by atoms with Gasteiger partial charge in [0, 0.05) is 46.3 Å². The lowest BCUT2D eigenvalue weighted by molar-refractivity contribution is -0.130. The molecule has 4 heterocycles. The van der Waals surface area contributed by atoms with Gasteiger partial charge >= 0.3 is 0 Å². The molecule has 6 nitrogen and oxygen atoms in total. The molecule has 0 saturated carbocycles. The molecular formula is C21H31N3O3. The Morgan fingerprint density at radius 3 is 2.59 bits per heavy atom. The van der Waals surface area contributed by atoms with Crippen LogP contribution < -0.4 is 9.47 Å². The average Bonchev–Trinajstić information content (AvgIpc) is 2.92. The molecule has 148 valence electrons. The Morgan fingerprint density at radius 1 is 1.11 bits per heavy atom. The topological polar surface area (TPSA) is 45.2 Å². The predicted molar refractivity (Wildman–Crippen MR) is 104 cm³/mol. The second-order valence-corrected chi connectivity index (χ2v) is 8.43. The van der Waals surface area contributed by atoms with Gasteiger partial charge < -0.3 is 14.4 Å². The number of rotatable bonds is 4. The number of nitrogens with zero attached hydrogens (tertiary/aromatic N) is 3. The summed E-state index contributed by atoms with van der Waals surface area (Å²) in [5.41, 5.74) is 2.58. The van der Waals surface area contributed by atoms with Crippen molar-refractivity contribution in [3.8, 4) is 11.5 Å². The van der Waals surface area contributed by atoms with Crippen molar-refractivity contribution in [2.75, 3.05) is 53.5 Å². The lowest BCUT2D eigenvalue weighted by Gasteiger charge is -2.36. The first-order valence-electron chi connectivity index (χ1n) is 10.1. The Hall–Kier alpha value is -1.79. The Balaban J connectivity index is 1.47. The molecule has 0 radical (unpaired) electrons. The van der Waals surface area contributed by atoms with Crippen LogP contribution in [0.4, 0.5) is 0 Å². The van der Waals surface area contributed by atoms with E-state index in [1.54, 1.807) is 4.90 Å². The molecule has 0 aliphatic carbocycles. The van der Waals surface area contributed by atoms with Crippen molar-refractivity contribution in [2.45, 2.75) is 32.4 Å². The maximum absolute atomic E-state index is 12.2. The van der Waals surface area contributed by atoms with Crippen molar-refractivity contribution >= 4 is 5.91 Å². The summed E-state index contributed by atoms with van der Waals surface area (Å²) in [6.45, 7) is 8.03. The largest absolute Gasteiger partial charge is 0.486 e. The Labute approximate surface area is 162 Å². The highest BCUT2D eigenvalue weighted by Crippen LogP contribution is 2.35. The van der Waals surface area contributed by atoms with E-state index in [2.05, 4.69) is 28.9 Å². The monoisotopic (exact) mass is 373 g/mol. The zero-order chi connectivity index (χ0) is 19.0. The van der Waals surface area contributed by atoms with E-state index in [4.69, 9.17) is 9.47 Å². The number of ether oxygens (including phenoxy) is 2. The van der Waals surface area contributed by atoms with Gasteiger partial charge in [0.15, 0.2) is 11.5 Å². The fourth-order valence-corrected chi connectivity index (χ4v) is 4.55. The van der Waals surface area contributed by atoms with Gasteiger partial charge in [-0.2, -0.15) is 0 Å². The fraction of sp³-hybridized carbons (Fsp3) is 0.667. The molecule has 1 aromatic rings. The first kappa shape index (κ1) is 18.6. The van der Waals surface area contributed by atoms with Gasteiger partial charge in [-0.1, -0.05) is 0 Å². The number of carbonyl (C=O) groups is 1. The number of amides is 1. The van der Waals surface area contributed by atoms with Crippen LogP contribution in [-0.2, 0) is 11.3 Å². The molecule has 4 aliphatic heterocycles. The predicted octanol–water partition coefficient (Wildman–Crippen LogP) is 1.75. The van der Waals surface area contributed by atoms with Gasteiger partial charge in [-0.15, -0.1) is 0 Å². The van der Waals surface area contributed by atoms with Gasteiger partial charge in [0.1, 0.15) is 13.2 Å². The summed E-state index contributed by atoms with van der Waals surface area (Å²) in [6, 6.07) is 4.80. The van der Waals surface area contributed by atoms with Gasteiger partial charge in [0.05, 0.1) is 6.54 Å². The molecule has 3 fully saturated rings. The number of likely N-dealkylation sites (N-methyl/N-ethyl adjacent to an activating group) is 1. The number of carbonyl (C=O) groups excluding carboxylic acids is 1. The first-order valence-corrected chi connectivity index (χ1v) is 10.1. The lowest BCUT2D eigenvalue weighted by atomic mass is 9.94. The molecule has 6 heteroatoms. The van der Waals surface area contributed by atoms with Crippen molar-refractivity contribution in [3.05, 3.63) is 23.3 Å². The second-order valence-electron chi connectivity index (χ2n) is 8.43. The fourth-order valence-electron chi connectivity index (χ4n) is 4.55. The quantitative estimate of drug-likeness (QED) is 0.805. The summed E-state index contributed by atoms with van der Waals surface area (Å²) in [6.07, 6.45) is 2.49. The van der Waals surface area contributed by atoms with Gasteiger partial charge in [-0.25, -0.2) is 0 Å². The lowest BCUT2D eigenvalue weighted by Crippen LogP contribution is -2.44. The van der Waals surface area contributed by atoms with E-state index in [-0.39, 0.29) is 5.91 Å². The maximum atomic E-state index is 12.2. The first-order chi connectivity index (χ1) is 13.0. The molecule has 1 aromatic carbocycles. The molecule has 5 rings (SSSR count). The molecule has 4 aliphatic rings. The van der Waals surface area contributed by atoms with Crippen LogP contribution in [-0.4, -0.2) is 80.1 Å². The molecule has 3 saturated heterocycles. The van der Waals surface area contributed by atoms with E-state index < -0.39 is 0 Å². The number of hydrogen-bond donors (Lipinski definition) is 0. The smallest absolute Gasteiger partial charge is 0.236 e. The summed E-state index contributed by atoms with van der Waals surface area (Å²) in [7, 11) is 3.68. The zero-order valence-electron chi connectivity index (χ0n) is 16.7. The third kappa shape index (κ3) is 4.06. The van der Waals surface area contributed by atoms with E-state index in [0.717, 1.165) is 37.7 Å².